The number of hydrogen-bond acceptors (Lipinski definition) is 5. The molecule has 0 aliphatic heterocycles. The van der Waals surface area contributed by atoms with Crippen molar-refractivity contribution in [1.82, 2.24) is 15.5 Å². The summed E-state index contributed by atoms with van der Waals surface area (Å²) in [4.78, 5) is 51.3. The van der Waals surface area contributed by atoms with Gasteiger partial charge in [0.05, 0.1) is 0 Å². The quantitative estimate of drug-likeness (QED) is 0.357. The van der Waals surface area contributed by atoms with Crippen molar-refractivity contribution in [3.05, 3.63) is 42.0 Å². The van der Waals surface area contributed by atoms with Crippen LogP contribution in [0.2, 0.25) is 0 Å². The van der Waals surface area contributed by atoms with Gasteiger partial charge >= 0.3 is 6.09 Å². The number of nitrogens with two attached hydrogens (primary N) is 1. The molecule has 2 atom stereocenters. The van der Waals surface area contributed by atoms with Crippen LogP contribution in [0.5, 0.6) is 0 Å². The first-order chi connectivity index (χ1) is 15.8. The first kappa shape index (κ1) is 28.2. The third-order valence-electron chi connectivity index (χ3n) is 4.44. The fraction of sp³-hybridized carbons (Fsp3) is 0.440. The first-order valence-corrected chi connectivity index (χ1v) is 10.9. The Morgan fingerprint density at radius 2 is 1.88 bits per heavy atom. The molecule has 1 aromatic rings. The van der Waals surface area contributed by atoms with Gasteiger partial charge in [-0.3, -0.25) is 19.3 Å². The molecule has 9 heteroatoms. The minimum absolute atomic E-state index is 0.128. The van der Waals surface area contributed by atoms with E-state index < -0.39 is 41.5 Å². The van der Waals surface area contributed by atoms with E-state index in [4.69, 9.17) is 16.9 Å². The van der Waals surface area contributed by atoms with E-state index in [1.807, 2.05) is 0 Å². The fourth-order valence-electron chi connectivity index (χ4n) is 3.06. The van der Waals surface area contributed by atoms with Crippen molar-refractivity contribution in [1.29, 1.82) is 0 Å². The van der Waals surface area contributed by atoms with E-state index in [9.17, 15) is 19.2 Å². The minimum Gasteiger partial charge on any atom is -0.444 e. The molecule has 1 aromatic carbocycles. The Labute approximate surface area is 201 Å². The summed E-state index contributed by atoms with van der Waals surface area (Å²) in [6, 6.07) is 6.45. The molecule has 0 saturated carbocycles. The van der Waals surface area contributed by atoms with Gasteiger partial charge in [-0.05, 0) is 58.2 Å². The second-order valence-electron chi connectivity index (χ2n) is 8.98. The van der Waals surface area contributed by atoms with Crippen molar-refractivity contribution in [2.75, 3.05) is 0 Å². The minimum atomic E-state index is -1.25. The summed E-state index contributed by atoms with van der Waals surface area (Å²) < 4.78 is 5.24. The molecule has 0 aliphatic carbocycles. The number of ether oxygens (including phenoxy) is 1. The molecule has 34 heavy (non-hydrogen) atoms. The van der Waals surface area contributed by atoms with Gasteiger partial charge in [-0.15, -0.1) is 0 Å². The molecule has 0 bridgehead atoms. The highest BCUT2D eigenvalue weighted by Crippen LogP contribution is 2.24. The Kier molecular flexibility index (Phi) is 10.3. The molecule has 9 nitrogen and oxygen atoms in total. The monoisotopic (exact) mass is 470 g/mol. The third-order valence-corrected chi connectivity index (χ3v) is 4.44. The van der Waals surface area contributed by atoms with Gasteiger partial charge in [-0.25, -0.2) is 4.79 Å². The second kappa shape index (κ2) is 12.4. The maximum Gasteiger partial charge on any atom is 0.408 e. The van der Waals surface area contributed by atoms with E-state index in [2.05, 4.69) is 23.3 Å². The summed E-state index contributed by atoms with van der Waals surface area (Å²) in [7, 11) is 0. The number of hydrogen-bond donors (Lipinski definition) is 3. The SMILES string of the molecule is C#CN(C(=O)C(CCC(N)=O)NC(=O)OC(C)(C)C)C(C(=O)NC(C)C)c1cccc(C=C)c1. The number of primary amides is 1. The highest BCUT2D eigenvalue weighted by atomic mass is 16.6. The maximum atomic E-state index is 13.5. The van der Waals surface area contributed by atoms with E-state index in [-0.39, 0.29) is 18.9 Å². The lowest BCUT2D eigenvalue weighted by molar-refractivity contribution is -0.139. The zero-order valence-electron chi connectivity index (χ0n) is 20.4. The highest BCUT2D eigenvalue weighted by molar-refractivity contribution is 5.93. The Morgan fingerprint density at radius 3 is 2.38 bits per heavy atom. The van der Waals surface area contributed by atoms with Gasteiger partial charge in [0, 0.05) is 18.5 Å². The summed E-state index contributed by atoms with van der Waals surface area (Å²) in [5.41, 5.74) is 5.60. The molecule has 1 rings (SSSR count). The van der Waals surface area contributed by atoms with Crippen molar-refractivity contribution in [2.24, 2.45) is 5.73 Å². The molecule has 4 N–H and O–H groups in total. The summed E-state index contributed by atoms with van der Waals surface area (Å²) in [6.07, 6.45) is 6.10. The third kappa shape index (κ3) is 8.98. The molecule has 0 aromatic heterocycles. The summed E-state index contributed by atoms with van der Waals surface area (Å²) in [5.74, 6) is -1.93. The number of carbonyl (C=O) groups is 4. The van der Waals surface area contributed by atoms with Crippen molar-refractivity contribution in [3.63, 3.8) is 0 Å². The van der Waals surface area contributed by atoms with Gasteiger partial charge in [0.2, 0.25) is 11.8 Å². The van der Waals surface area contributed by atoms with Crippen LogP contribution in [0.4, 0.5) is 4.79 Å². The summed E-state index contributed by atoms with van der Waals surface area (Å²) in [6.45, 7) is 12.3. The molecule has 2 unspecified atom stereocenters. The average molecular weight is 471 g/mol. The largest absolute Gasteiger partial charge is 0.444 e. The van der Waals surface area contributed by atoms with Crippen LogP contribution in [-0.4, -0.2) is 46.4 Å². The second-order valence-corrected chi connectivity index (χ2v) is 8.98. The van der Waals surface area contributed by atoms with Crippen LogP contribution in [0.1, 0.15) is 64.6 Å². The fourth-order valence-corrected chi connectivity index (χ4v) is 3.06. The molecule has 0 aliphatic rings. The van der Waals surface area contributed by atoms with Gasteiger partial charge in [-0.2, -0.15) is 0 Å². The number of carbonyl (C=O) groups excluding carboxylic acids is 4. The number of terminal acetylenes is 1. The number of rotatable bonds is 10. The van der Waals surface area contributed by atoms with Crippen LogP contribution in [0.3, 0.4) is 0 Å². The van der Waals surface area contributed by atoms with Gasteiger partial charge < -0.3 is 21.1 Å². The molecule has 0 saturated heterocycles. The van der Waals surface area contributed by atoms with Crippen molar-refractivity contribution in [2.45, 2.75) is 71.2 Å². The topological polar surface area (TPSA) is 131 Å². The van der Waals surface area contributed by atoms with Crippen LogP contribution in [-0.2, 0) is 19.1 Å². The number of alkyl carbamates (subject to hydrolysis) is 1. The number of nitrogens with one attached hydrogen (secondary N) is 2. The lowest BCUT2D eigenvalue weighted by Crippen LogP contribution is -2.52. The first-order valence-electron chi connectivity index (χ1n) is 10.9. The van der Waals surface area contributed by atoms with Crippen molar-refractivity contribution in [3.8, 4) is 12.5 Å². The number of amides is 4. The number of nitrogens with zero attached hydrogens (tertiary/aromatic N) is 1. The van der Waals surface area contributed by atoms with Gasteiger partial charge in [0.15, 0.2) is 0 Å². The molecule has 184 valence electrons. The van der Waals surface area contributed by atoms with Crippen LogP contribution in [0.25, 0.3) is 6.08 Å². The molecule has 0 heterocycles. The van der Waals surface area contributed by atoms with E-state index in [1.54, 1.807) is 65.0 Å². The molecular weight excluding hydrogens is 436 g/mol. The smallest absolute Gasteiger partial charge is 0.408 e. The lowest BCUT2D eigenvalue weighted by Gasteiger charge is -2.31. The summed E-state index contributed by atoms with van der Waals surface area (Å²) >= 11 is 0. The van der Waals surface area contributed by atoms with Crippen molar-refractivity contribution >= 4 is 29.9 Å². The van der Waals surface area contributed by atoms with Crippen LogP contribution in [0, 0.1) is 12.5 Å². The van der Waals surface area contributed by atoms with Gasteiger partial charge in [-0.1, -0.05) is 37.3 Å². The maximum absolute atomic E-state index is 13.5. The Hall–Kier alpha value is -3.80. The Morgan fingerprint density at radius 1 is 1.24 bits per heavy atom. The molecule has 4 amide bonds. The Balaban J connectivity index is 3.42. The normalized spacial score (nSPS) is 12.6. The van der Waals surface area contributed by atoms with E-state index in [1.165, 1.54) is 0 Å². The molecule has 0 fully saturated rings. The highest BCUT2D eigenvalue weighted by Gasteiger charge is 2.36. The molecule has 0 radical (unpaired) electrons. The van der Waals surface area contributed by atoms with Crippen LogP contribution < -0.4 is 16.4 Å². The molecular formula is C25H34N4O5. The van der Waals surface area contributed by atoms with Crippen molar-refractivity contribution < 1.29 is 23.9 Å². The van der Waals surface area contributed by atoms with Crippen LogP contribution >= 0.6 is 0 Å². The zero-order chi connectivity index (χ0) is 26.1. The summed E-state index contributed by atoms with van der Waals surface area (Å²) in [5, 5.41) is 5.22. The Bertz CT molecular complexity index is 959. The average Bonchev–Trinajstić information content (AvgIpc) is 2.72. The van der Waals surface area contributed by atoms with Gasteiger partial charge in [0.25, 0.3) is 5.91 Å². The lowest BCUT2D eigenvalue weighted by atomic mass is 10.00. The molecule has 0 spiro atoms. The van der Waals surface area contributed by atoms with E-state index in [0.717, 1.165) is 10.5 Å². The van der Waals surface area contributed by atoms with E-state index in [0.29, 0.717) is 5.56 Å². The predicted molar refractivity (Wildman–Crippen MR) is 130 cm³/mol. The van der Waals surface area contributed by atoms with E-state index >= 15 is 0 Å². The zero-order valence-corrected chi connectivity index (χ0v) is 20.4. The standard InChI is InChI=1S/C25H34N4O5/c1-8-17-11-10-12-18(15-17)21(22(31)27-16(3)4)29(9-2)23(32)19(13-14-20(26)30)28-24(33)34-25(5,6)7/h2,8,10-12,15-16,19,21H,1,13-14H2,3-7H3,(H2,26,30)(H,27,31)(H,28,33). The predicted octanol–water partition coefficient (Wildman–Crippen LogP) is 2.47. The van der Waals surface area contributed by atoms with Crippen LogP contribution in [0.15, 0.2) is 30.8 Å². The number of benzene rings is 1. The van der Waals surface area contributed by atoms with Gasteiger partial charge in [0.1, 0.15) is 17.7 Å².